The molecule has 146 valence electrons. The Balaban J connectivity index is 1.57. The van der Waals surface area contributed by atoms with Crippen molar-refractivity contribution in [1.82, 2.24) is 15.5 Å². The van der Waals surface area contributed by atoms with Crippen LogP contribution < -0.4 is 10.1 Å². The van der Waals surface area contributed by atoms with Crippen LogP contribution in [0.3, 0.4) is 0 Å². The predicted molar refractivity (Wildman–Crippen MR) is 110 cm³/mol. The Morgan fingerprint density at radius 2 is 2.00 bits per heavy atom. The van der Waals surface area contributed by atoms with E-state index in [0.29, 0.717) is 30.0 Å². The molecule has 0 atom stereocenters. The van der Waals surface area contributed by atoms with Gasteiger partial charge >= 0.3 is 0 Å². The van der Waals surface area contributed by atoms with E-state index in [0.717, 1.165) is 22.0 Å². The number of nitrogens with one attached hydrogen (secondary N) is 2. The highest BCUT2D eigenvalue weighted by atomic mass is 19.1. The number of para-hydroxylation sites is 1. The number of benzene rings is 3. The number of nitrogens with zero attached hydrogens (tertiary/aromatic N) is 1. The molecule has 0 saturated heterocycles. The molecule has 2 N–H and O–H groups in total. The molecule has 6 heteroatoms. The van der Waals surface area contributed by atoms with Gasteiger partial charge in [-0.1, -0.05) is 30.3 Å². The van der Waals surface area contributed by atoms with Gasteiger partial charge in [-0.05, 0) is 48.4 Å². The number of amides is 1. The van der Waals surface area contributed by atoms with Crippen LogP contribution in [0.4, 0.5) is 4.39 Å². The molecule has 3 aromatic carbocycles. The molecule has 29 heavy (non-hydrogen) atoms. The van der Waals surface area contributed by atoms with E-state index in [2.05, 4.69) is 15.5 Å². The second kappa shape index (κ2) is 8.14. The average molecular weight is 389 g/mol. The van der Waals surface area contributed by atoms with Crippen LogP contribution in [-0.4, -0.2) is 22.7 Å². The number of carbonyl (C=O) groups is 1. The summed E-state index contributed by atoms with van der Waals surface area (Å²) in [6.07, 6.45) is 1.75. The standard InChI is InChI=1S/C23H20FN3O2/c1-2-29-21-12-16(9-10-20(21)15-5-4-8-19(24)11-15)23(28)25-13-17-6-3-7-18-14-26-27-22(17)18/h3-12,14H,2,13H2,1H3,(H,25,28)(H,26,27). The van der Waals surface area contributed by atoms with Crippen molar-refractivity contribution in [3.05, 3.63) is 83.8 Å². The number of halogens is 1. The number of aromatic amines is 1. The van der Waals surface area contributed by atoms with Crippen molar-refractivity contribution < 1.29 is 13.9 Å². The minimum atomic E-state index is -0.320. The third-order valence-corrected chi connectivity index (χ3v) is 4.68. The van der Waals surface area contributed by atoms with Crippen molar-refractivity contribution in [3.8, 4) is 16.9 Å². The molecule has 0 aliphatic heterocycles. The fraction of sp³-hybridized carbons (Fsp3) is 0.130. The first-order valence-electron chi connectivity index (χ1n) is 9.37. The Morgan fingerprint density at radius 3 is 2.83 bits per heavy atom. The third-order valence-electron chi connectivity index (χ3n) is 4.68. The SMILES string of the molecule is CCOc1cc(C(=O)NCc2cccc3cn[nH]c23)ccc1-c1cccc(F)c1. The van der Waals surface area contributed by atoms with Crippen molar-refractivity contribution in [2.24, 2.45) is 0 Å². The van der Waals surface area contributed by atoms with E-state index in [9.17, 15) is 9.18 Å². The quantitative estimate of drug-likeness (QED) is 0.502. The first-order valence-corrected chi connectivity index (χ1v) is 9.37. The number of hydrogen-bond acceptors (Lipinski definition) is 3. The second-order valence-electron chi connectivity index (χ2n) is 6.59. The maximum atomic E-state index is 13.6. The summed E-state index contributed by atoms with van der Waals surface area (Å²) in [6, 6.07) is 17.3. The summed E-state index contributed by atoms with van der Waals surface area (Å²) in [7, 11) is 0. The van der Waals surface area contributed by atoms with E-state index < -0.39 is 0 Å². The van der Waals surface area contributed by atoms with E-state index in [4.69, 9.17) is 4.74 Å². The lowest BCUT2D eigenvalue weighted by Crippen LogP contribution is -2.23. The van der Waals surface area contributed by atoms with Crippen LogP contribution in [0.2, 0.25) is 0 Å². The summed E-state index contributed by atoms with van der Waals surface area (Å²) in [5.41, 5.74) is 3.78. The summed E-state index contributed by atoms with van der Waals surface area (Å²) in [6.45, 7) is 2.68. The Morgan fingerprint density at radius 1 is 1.14 bits per heavy atom. The summed E-state index contributed by atoms with van der Waals surface area (Å²) < 4.78 is 19.3. The molecule has 0 saturated carbocycles. The second-order valence-corrected chi connectivity index (χ2v) is 6.59. The molecule has 1 amide bonds. The van der Waals surface area contributed by atoms with E-state index >= 15 is 0 Å². The topological polar surface area (TPSA) is 67.0 Å². The number of aromatic nitrogens is 2. The number of fused-ring (bicyclic) bond motifs is 1. The van der Waals surface area contributed by atoms with Crippen LogP contribution in [0.15, 0.2) is 66.9 Å². The van der Waals surface area contributed by atoms with Gasteiger partial charge in [-0.25, -0.2) is 4.39 Å². The van der Waals surface area contributed by atoms with E-state index in [-0.39, 0.29) is 11.7 Å². The molecule has 0 radical (unpaired) electrons. The minimum Gasteiger partial charge on any atom is -0.493 e. The minimum absolute atomic E-state index is 0.215. The first-order chi connectivity index (χ1) is 14.2. The van der Waals surface area contributed by atoms with Gasteiger partial charge in [0.2, 0.25) is 0 Å². The molecule has 1 heterocycles. The van der Waals surface area contributed by atoms with Gasteiger partial charge in [0, 0.05) is 23.1 Å². The largest absolute Gasteiger partial charge is 0.493 e. The highest BCUT2D eigenvalue weighted by Gasteiger charge is 2.13. The van der Waals surface area contributed by atoms with Crippen molar-refractivity contribution in [2.75, 3.05) is 6.61 Å². The summed E-state index contributed by atoms with van der Waals surface area (Å²) in [5.74, 6) is 0.00873. The molecule has 0 bridgehead atoms. The summed E-state index contributed by atoms with van der Waals surface area (Å²) in [4.78, 5) is 12.7. The average Bonchev–Trinajstić information content (AvgIpc) is 3.21. The molecule has 4 rings (SSSR count). The van der Waals surface area contributed by atoms with Gasteiger partial charge in [-0.2, -0.15) is 5.10 Å². The zero-order chi connectivity index (χ0) is 20.2. The monoisotopic (exact) mass is 389 g/mol. The zero-order valence-corrected chi connectivity index (χ0v) is 15.9. The number of carbonyl (C=O) groups excluding carboxylic acids is 1. The number of hydrogen-bond donors (Lipinski definition) is 2. The molecule has 0 spiro atoms. The smallest absolute Gasteiger partial charge is 0.251 e. The maximum absolute atomic E-state index is 13.6. The van der Waals surface area contributed by atoms with E-state index in [1.165, 1.54) is 12.1 Å². The molecule has 5 nitrogen and oxygen atoms in total. The Kier molecular flexibility index (Phi) is 5.24. The Bertz CT molecular complexity index is 1170. The lowest BCUT2D eigenvalue weighted by molar-refractivity contribution is 0.0950. The zero-order valence-electron chi connectivity index (χ0n) is 15.9. The molecular weight excluding hydrogens is 369 g/mol. The van der Waals surface area contributed by atoms with Crippen molar-refractivity contribution in [3.63, 3.8) is 0 Å². The molecule has 0 aliphatic carbocycles. The van der Waals surface area contributed by atoms with E-state index in [1.807, 2.05) is 31.2 Å². The highest BCUT2D eigenvalue weighted by Crippen LogP contribution is 2.31. The first kappa shape index (κ1) is 18.7. The number of ether oxygens (including phenoxy) is 1. The van der Waals surface area contributed by atoms with Crippen LogP contribution in [0, 0.1) is 5.82 Å². The van der Waals surface area contributed by atoms with Crippen molar-refractivity contribution in [1.29, 1.82) is 0 Å². The van der Waals surface area contributed by atoms with Gasteiger partial charge in [0.1, 0.15) is 11.6 Å². The lowest BCUT2D eigenvalue weighted by atomic mass is 10.0. The Labute approximate surface area is 167 Å². The van der Waals surface area contributed by atoms with Crippen LogP contribution in [0.25, 0.3) is 22.0 Å². The summed E-state index contributed by atoms with van der Waals surface area (Å²) in [5, 5.41) is 10.9. The van der Waals surface area contributed by atoms with Crippen LogP contribution in [0.1, 0.15) is 22.8 Å². The van der Waals surface area contributed by atoms with Crippen LogP contribution >= 0.6 is 0 Å². The highest BCUT2D eigenvalue weighted by molar-refractivity contribution is 5.96. The van der Waals surface area contributed by atoms with Gasteiger partial charge in [0.05, 0.1) is 18.3 Å². The lowest BCUT2D eigenvalue weighted by Gasteiger charge is -2.13. The van der Waals surface area contributed by atoms with Gasteiger partial charge in [-0.3, -0.25) is 9.89 Å². The fourth-order valence-electron chi connectivity index (χ4n) is 3.29. The third kappa shape index (κ3) is 3.96. The summed E-state index contributed by atoms with van der Waals surface area (Å²) >= 11 is 0. The number of rotatable bonds is 6. The van der Waals surface area contributed by atoms with E-state index in [1.54, 1.807) is 30.5 Å². The van der Waals surface area contributed by atoms with Crippen LogP contribution in [0.5, 0.6) is 5.75 Å². The van der Waals surface area contributed by atoms with Gasteiger partial charge < -0.3 is 10.1 Å². The molecule has 0 aliphatic rings. The van der Waals surface area contributed by atoms with Crippen molar-refractivity contribution >= 4 is 16.8 Å². The van der Waals surface area contributed by atoms with Gasteiger partial charge in [-0.15, -0.1) is 0 Å². The molecule has 1 aromatic heterocycles. The van der Waals surface area contributed by atoms with Crippen molar-refractivity contribution in [2.45, 2.75) is 13.5 Å². The molecular formula is C23H20FN3O2. The fourth-order valence-corrected chi connectivity index (χ4v) is 3.29. The molecule has 4 aromatic rings. The Hall–Kier alpha value is -3.67. The normalized spacial score (nSPS) is 10.8. The predicted octanol–water partition coefficient (Wildman–Crippen LogP) is 4.70. The van der Waals surface area contributed by atoms with Gasteiger partial charge in [0.15, 0.2) is 0 Å². The molecule has 0 unspecified atom stereocenters. The number of H-pyrrole nitrogens is 1. The van der Waals surface area contributed by atoms with Gasteiger partial charge in [0.25, 0.3) is 5.91 Å². The van der Waals surface area contributed by atoms with Crippen LogP contribution in [-0.2, 0) is 6.54 Å². The maximum Gasteiger partial charge on any atom is 0.251 e. The molecule has 0 fully saturated rings.